The lowest BCUT2D eigenvalue weighted by Crippen LogP contribution is -2.81. The Balaban J connectivity index is 0. The Morgan fingerprint density at radius 1 is 0.0896 bits per heavy atom. The summed E-state index contributed by atoms with van der Waals surface area (Å²) in [5.41, 5.74) is 0. The number of carbonyl (C=O) groups is 2. The highest BCUT2D eigenvalue weighted by Gasteiger charge is 3.08. The lowest BCUT2D eigenvalue weighted by atomic mass is 9.81. The van der Waals surface area contributed by atoms with Crippen LogP contribution in [0.5, 0.6) is 0 Å². The van der Waals surface area contributed by atoms with E-state index in [1.165, 1.54) is 0 Å². The van der Waals surface area contributed by atoms with Crippen molar-refractivity contribution in [3.8, 4) is 0 Å². The van der Waals surface area contributed by atoms with E-state index in [4.69, 9.17) is 10.2 Å². The van der Waals surface area contributed by atoms with E-state index in [1.807, 2.05) is 0 Å². The molecule has 0 spiro atoms. The first kappa shape index (κ1) is 129. The van der Waals surface area contributed by atoms with Crippen LogP contribution in [-0.4, -0.2) is 271 Å². The second-order valence-electron chi connectivity index (χ2n) is 24.6. The molecule has 0 aromatic heterocycles. The van der Waals surface area contributed by atoms with Gasteiger partial charge in [-0.25, -0.2) is 9.59 Å². The molecule has 90 heteroatoms. The van der Waals surface area contributed by atoms with E-state index in [-0.39, 0.29) is 0 Å². The topological polar surface area (TPSA) is 74.6 Å². The number of alkyl halides is 86. The van der Waals surface area contributed by atoms with Gasteiger partial charge < -0.3 is 10.2 Å². The van der Waals surface area contributed by atoms with Crippen molar-refractivity contribution >= 4 is 11.9 Å². The summed E-state index contributed by atoms with van der Waals surface area (Å²) in [6, 6.07) is 0. The molecular weight excluding hydrogens is 2230 g/mol. The summed E-state index contributed by atoms with van der Waals surface area (Å²) in [5.74, 6) is -415. The average Bonchev–Trinajstić information content (AvgIpc) is 0.668. The maximum absolute atomic E-state index is 14.1. The van der Waals surface area contributed by atoms with E-state index in [2.05, 4.69) is 0 Å². The zero-order chi connectivity index (χ0) is 112. The van der Waals surface area contributed by atoms with Gasteiger partial charge in [-0.1, -0.05) is 0 Å². The van der Waals surface area contributed by atoms with Gasteiger partial charge in [0.05, 0.1) is 0 Å². The lowest BCUT2D eigenvalue weighted by Gasteiger charge is -2.47. The molecule has 0 atom stereocenters. The van der Waals surface area contributed by atoms with E-state index in [9.17, 15) is 387 Å². The molecule has 0 amide bonds. The minimum Gasteiger partial charge on any atom is -0.477 e. The Morgan fingerprint density at radius 3 is 0.179 bits per heavy atom. The summed E-state index contributed by atoms with van der Waals surface area (Å²) in [6.07, 6.45) is -17.1. The van der Waals surface area contributed by atoms with E-state index in [0.717, 1.165) is 0 Å². The summed E-state index contributed by atoms with van der Waals surface area (Å²) in [6.45, 7) is 0. The molecule has 0 bridgehead atoms. The highest BCUT2D eigenvalue weighted by Crippen LogP contribution is 2.77. The van der Waals surface area contributed by atoms with Crippen molar-refractivity contribution in [3.05, 3.63) is 0 Å². The largest absolute Gasteiger partial charge is 0.477 e. The van der Waals surface area contributed by atoms with Gasteiger partial charge in [-0.05, 0) is 0 Å². The average molecular weight is 2230 g/mol. The van der Waals surface area contributed by atoms with Crippen molar-refractivity contribution < 1.29 is 397 Å². The van der Waals surface area contributed by atoms with Gasteiger partial charge in [0.2, 0.25) is 0 Å². The highest BCUT2D eigenvalue weighted by atomic mass is 19.5. The fourth-order valence-electron chi connectivity index (χ4n) is 7.72. The summed E-state index contributed by atoms with van der Waals surface area (Å²) in [7, 11) is 0. The van der Waals surface area contributed by atoms with E-state index < -0.39 is 261 Å². The molecule has 804 valence electrons. The number of halogens is 86. The van der Waals surface area contributed by atoms with Gasteiger partial charge in [0.1, 0.15) is 0 Å². The first-order valence-electron chi connectivity index (χ1n) is 27.6. The Kier molecular flexibility index (Phi) is 30.0. The van der Waals surface area contributed by atoms with Crippen LogP contribution >= 0.6 is 0 Å². The minimum atomic E-state index is -10.9. The van der Waals surface area contributed by atoms with Crippen molar-refractivity contribution in [3.63, 3.8) is 0 Å². The van der Waals surface area contributed by atoms with Gasteiger partial charge in [-0.15, -0.1) is 0 Å². The van der Waals surface area contributed by atoms with Crippen LogP contribution in [0.1, 0.15) is 0 Å². The van der Waals surface area contributed by atoms with E-state index in [1.54, 1.807) is 0 Å². The third kappa shape index (κ3) is 14.4. The van der Waals surface area contributed by atoms with Gasteiger partial charge in [0.25, 0.3) is 0 Å². The van der Waals surface area contributed by atoms with Crippen LogP contribution in [0.4, 0.5) is 378 Å². The number of hydrogen-bond donors (Lipinski definition) is 2. The van der Waals surface area contributed by atoms with Gasteiger partial charge >= 0.3 is 261 Å². The van der Waals surface area contributed by atoms with E-state index >= 15 is 0 Å². The van der Waals surface area contributed by atoms with Crippen LogP contribution in [0.2, 0.25) is 0 Å². The van der Waals surface area contributed by atoms with Crippen LogP contribution in [-0.2, 0) is 9.59 Å². The van der Waals surface area contributed by atoms with Crippen LogP contribution in [0.3, 0.4) is 0 Å². The molecule has 0 heterocycles. The molecule has 0 saturated carbocycles. The zero-order valence-electron chi connectivity index (χ0n) is 56.2. The molecule has 0 saturated heterocycles. The predicted molar refractivity (Wildman–Crippen MR) is 225 cm³/mol. The number of aliphatic carboxylic acids is 2. The van der Waals surface area contributed by atoms with Gasteiger partial charge in [0, 0.05) is 0 Å². The van der Waals surface area contributed by atoms with Crippen molar-refractivity contribution in [2.75, 3.05) is 0 Å². The first-order valence-corrected chi connectivity index (χ1v) is 27.6. The van der Waals surface area contributed by atoms with Gasteiger partial charge in [-0.2, -0.15) is 378 Å². The van der Waals surface area contributed by atoms with Crippen molar-refractivity contribution in [2.24, 2.45) is 0 Å². The molecular formula is C44H2F86O4. The van der Waals surface area contributed by atoms with Gasteiger partial charge in [0.15, 0.2) is 0 Å². The Labute approximate surface area is 660 Å². The maximum atomic E-state index is 14.1. The molecule has 0 radical (unpaired) electrons. The van der Waals surface area contributed by atoms with Crippen molar-refractivity contribution in [1.82, 2.24) is 0 Å². The SMILES string of the molecule is O=C(O)C(F)(F)C(F)(F)C(F)(F)C(F)(F)C(F)(F)C(F)(F)C(F)(F)C(F)(F)C(F)(F)C(F)(F)C(F)(F)C(F)(F)C(F)(F)C(F)(F)C(F)(F)C(F)(F)C(F)(F)C(F)(F)C(F)(F)C(F)(F)C(F)(F)C(F)(F)C(F)(F)F.O=C(O)C(F)(F)C(F)(F)C(F)(F)C(F)(F)C(F)(F)C(F)(F)C(F)(F)C(F)(F)C(F)(F)C(F)(F)C(F)(F)C(F)(F)C(F)(F)C(F)(F)C(F)(F)C(F)(F)C(F)(F)C(F)(F)C(F)(F)F. The fourth-order valence-corrected chi connectivity index (χ4v) is 7.72. The second kappa shape index (κ2) is 31.2. The highest BCUT2D eigenvalue weighted by molar-refractivity contribution is 5.77. The van der Waals surface area contributed by atoms with Crippen molar-refractivity contribution in [2.45, 2.75) is 249 Å². The van der Waals surface area contributed by atoms with Crippen LogP contribution in [0.25, 0.3) is 0 Å². The molecule has 0 aliphatic rings. The molecule has 0 fully saturated rings. The summed E-state index contributed by atoms with van der Waals surface area (Å²) >= 11 is 0. The standard InChI is InChI=1S/C24HF47O2.C20HF39O2/c25-2(26,1(72)73)3(27,28)4(29,30)5(31,32)6(33,34)7(35,36)8(37,38)9(39,40)10(41,42)11(43,44)12(45,46)13(47,48)14(49,50)15(51,52)16(53,54)17(55,56)18(57,58)19(59,60)20(61,62)21(63,64)22(65,66)23(67,68)24(69,70)71;21-2(22,1(60)61)3(23,24)4(25,26)5(27,28)6(29,30)7(31,32)8(33,34)9(35,36)10(37,38)11(39,40)12(41,42)13(43,44)14(45,46)15(47,48)16(49,50)17(51,52)18(53,54)19(55,56)20(57,58)59/h(H,72,73);(H,60,61). The molecule has 0 aliphatic carbocycles. The molecule has 0 unspecified atom stereocenters. The summed E-state index contributed by atoms with van der Waals surface area (Å²) in [4.78, 5) is 20.0. The minimum absolute atomic E-state index is 4.93. The Morgan fingerprint density at radius 2 is 0.134 bits per heavy atom. The molecule has 134 heavy (non-hydrogen) atoms. The summed E-state index contributed by atoms with van der Waals surface area (Å²) in [5, 5.41) is 15.3. The third-order valence-electron chi connectivity index (χ3n) is 16.2. The Bertz CT molecular complexity index is 4210. The fraction of sp³-hybridized carbons (Fsp3) is 0.955. The monoisotopic (exact) mass is 2230 g/mol. The normalized spacial score (nSPS) is 17.3. The van der Waals surface area contributed by atoms with Crippen LogP contribution in [0, 0.1) is 0 Å². The number of carboxylic acid groups (broad SMARTS) is 2. The molecule has 4 nitrogen and oxygen atoms in total. The molecule has 0 aromatic carbocycles. The molecule has 0 aromatic rings. The zero-order valence-corrected chi connectivity index (χ0v) is 56.2. The Hall–Kier alpha value is -7.08. The number of hydrogen-bond acceptors (Lipinski definition) is 2. The van der Waals surface area contributed by atoms with Crippen LogP contribution in [0.15, 0.2) is 0 Å². The lowest BCUT2D eigenvalue weighted by molar-refractivity contribution is -0.497. The maximum Gasteiger partial charge on any atom is 0.460 e. The number of rotatable bonds is 40. The third-order valence-corrected chi connectivity index (χ3v) is 16.2. The molecule has 0 aliphatic heterocycles. The summed E-state index contributed by atoms with van der Waals surface area (Å²) < 4.78 is 1170. The van der Waals surface area contributed by atoms with Crippen LogP contribution < -0.4 is 0 Å². The van der Waals surface area contributed by atoms with Crippen molar-refractivity contribution in [1.29, 1.82) is 0 Å². The predicted octanol–water partition coefficient (Wildman–Crippen LogP) is 26.7. The second-order valence-corrected chi connectivity index (χ2v) is 24.6. The molecule has 2 N–H and O–H groups in total. The van der Waals surface area contributed by atoms with E-state index in [0.29, 0.717) is 0 Å². The smallest absolute Gasteiger partial charge is 0.460 e. The molecule has 0 rings (SSSR count). The number of carboxylic acids is 2. The van der Waals surface area contributed by atoms with Gasteiger partial charge in [-0.3, -0.25) is 0 Å². The first-order chi connectivity index (χ1) is 55.9. The quantitative estimate of drug-likeness (QED) is 0.0600.